The summed E-state index contributed by atoms with van der Waals surface area (Å²) in [6, 6.07) is 18.3. The highest BCUT2D eigenvalue weighted by atomic mass is 32.1. The first kappa shape index (κ1) is 16.2. The van der Waals surface area contributed by atoms with Gasteiger partial charge in [0, 0.05) is 22.2 Å². The third-order valence-electron chi connectivity index (χ3n) is 4.21. The summed E-state index contributed by atoms with van der Waals surface area (Å²) < 4.78 is 1.89. The minimum atomic E-state index is 0.351. The van der Waals surface area contributed by atoms with Crippen molar-refractivity contribution >= 4 is 29.0 Å². The van der Waals surface area contributed by atoms with Crippen molar-refractivity contribution in [3.8, 4) is 21.6 Å². The molecule has 0 bridgehead atoms. The quantitative estimate of drug-likeness (QED) is 0.420. The van der Waals surface area contributed by atoms with Crippen LogP contribution in [0.2, 0.25) is 0 Å². The van der Waals surface area contributed by atoms with Crippen LogP contribution in [0.15, 0.2) is 65.8 Å². The molecule has 1 aromatic carbocycles. The van der Waals surface area contributed by atoms with E-state index in [1.54, 1.807) is 11.3 Å². The second-order valence-electron chi connectivity index (χ2n) is 5.85. The largest absolute Gasteiger partial charge is 0.382 e. The van der Waals surface area contributed by atoms with Gasteiger partial charge < -0.3 is 5.73 Å². The maximum atomic E-state index is 7.24. The van der Waals surface area contributed by atoms with Crippen LogP contribution in [-0.2, 0) is 0 Å². The maximum Gasteiger partial charge on any atom is 0.143 e. The molecular weight excluding hydrogens is 342 g/mol. The molecule has 0 spiro atoms. The van der Waals surface area contributed by atoms with E-state index in [0.717, 1.165) is 44.0 Å². The van der Waals surface area contributed by atoms with Crippen LogP contribution in [0.3, 0.4) is 0 Å². The van der Waals surface area contributed by atoms with Gasteiger partial charge in [-0.15, -0.1) is 11.3 Å². The summed E-state index contributed by atoms with van der Waals surface area (Å²) in [6.07, 6.45) is 2.92. The molecule has 0 aliphatic carbocycles. The van der Waals surface area contributed by atoms with Gasteiger partial charge in [0.15, 0.2) is 0 Å². The van der Waals surface area contributed by atoms with Crippen molar-refractivity contribution in [2.45, 2.75) is 6.92 Å². The van der Waals surface area contributed by atoms with Crippen LogP contribution >= 0.6 is 11.3 Å². The summed E-state index contributed by atoms with van der Waals surface area (Å²) in [5, 5.41) is 11.9. The standard InChI is InChI=1S/C20H17N5S/c1-13-18(16-9-5-6-10-25(16)24-13)17-11-15(14-7-3-2-4-8-14)19(26-17)20(22)23-12-21/h2-12H,1H3,(H3,21,22,23). The van der Waals surface area contributed by atoms with Crippen molar-refractivity contribution in [3.63, 3.8) is 0 Å². The van der Waals surface area contributed by atoms with E-state index in [0.29, 0.717) is 5.84 Å². The number of rotatable bonds is 4. The van der Waals surface area contributed by atoms with E-state index in [9.17, 15) is 0 Å². The Kier molecular flexibility index (Phi) is 4.10. The number of aromatic nitrogens is 2. The molecule has 3 aromatic heterocycles. The summed E-state index contributed by atoms with van der Waals surface area (Å²) in [4.78, 5) is 5.94. The Morgan fingerprint density at radius 1 is 1.19 bits per heavy atom. The Bertz CT molecular complexity index is 1120. The molecule has 5 nitrogen and oxygen atoms in total. The minimum Gasteiger partial charge on any atom is -0.382 e. The number of thiophene rings is 1. The molecule has 0 unspecified atom stereocenters. The normalized spacial score (nSPS) is 11.8. The molecule has 0 fully saturated rings. The lowest BCUT2D eigenvalue weighted by atomic mass is 10.0. The third kappa shape index (κ3) is 2.70. The Balaban J connectivity index is 1.97. The van der Waals surface area contributed by atoms with Crippen LogP contribution in [0.5, 0.6) is 0 Å². The number of hydrogen-bond acceptors (Lipinski definition) is 3. The van der Waals surface area contributed by atoms with E-state index in [1.165, 1.54) is 0 Å². The molecule has 0 aliphatic heterocycles. The zero-order valence-electron chi connectivity index (χ0n) is 14.2. The number of nitrogens with one attached hydrogen (secondary N) is 1. The second-order valence-corrected chi connectivity index (χ2v) is 6.91. The van der Waals surface area contributed by atoms with Crippen molar-refractivity contribution in [1.82, 2.24) is 9.61 Å². The second kappa shape index (κ2) is 6.57. The van der Waals surface area contributed by atoms with Gasteiger partial charge in [-0.25, -0.2) is 9.51 Å². The summed E-state index contributed by atoms with van der Waals surface area (Å²) in [5.74, 6) is 0.351. The number of nitrogens with zero attached hydrogens (tertiary/aromatic N) is 3. The van der Waals surface area contributed by atoms with Crippen LogP contribution in [0.4, 0.5) is 0 Å². The lowest BCUT2D eigenvalue weighted by molar-refractivity contribution is 0.934. The Hall–Kier alpha value is -3.25. The number of fused-ring (bicyclic) bond motifs is 1. The molecule has 6 heteroatoms. The smallest absolute Gasteiger partial charge is 0.143 e. The summed E-state index contributed by atoms with van der Waals surface area (Å²) in [6.45, 7) is 2.01. The summed E-state index contributed by atoms with van der Waals surface area (Å²) in [5.41, 5.74) is 11.4. The van der Waals surface area contributed by atoms with Crippen molar-refractivity contribution < 1.29 is 0 Å². The van der Waals surface area contributed by atoms with E-state index in [1.807, 2.05) is 48.0 Å². The van der Waals surface area contributed by atoms with Crippen LogP contribution in [-0.4, -0.2) is 21.8 Å². The van der Waals surface area contributed by atoms with Crippen molar-refractivity contribution in [2.75, 3.05) is 0 Å². The Morgan fingerprint density at radius 3 is 2.73 bits per heavy atom. The highest BCUT2D eigenvalue weighted by molar-refractivity contribution is 7.18. The van der Waals surface area contributed by atoms with Crippen LogP contribution in [0.25, 0.3) is 27.1 Å². The van der Waals surface area contributed by atoms with Crippen LogP contribution in [0.1, 0.15) is 10.6 Å². The molecule has 3 heterocycles. The average molecular weight is 359 g/mol. The lowest BCUT2D eigenvalue weighted by Crippen LogP contribution is -2.12. The molecule has 0 atom stereocenters. The van der Waals surface area contributed by atoms with Crippen molar-refractivity contribution in [2.24, 2.45) is 10.7 Å². The maximum absolute atomic E-state index is 7.24. The Labute approximate surface area is 155 Å². The molecule has 4 rings (SSSR count). The monoisotopic (exact) mass is 359 g/mol. The molecule has 0 radical (unpaired) electrons. The number of amidine groups is 1. The molecule has 3 N–H and O–H groups in total. The van der Waals surface area contributed by atoms with Gasteiger partial charge in [-0.1, -0.05) is 36.4 Å². The van der Waals surface area contributed by atoms with Gasteiger partial charge in [-0.3, -0.25) is 5.41 Å². The highest BCUT2D eigenvalue weighted by Gasteiger charge is 2.19. The molecule has 0 amide bonds. The van der Waals surface area contributed by atoms with E-state index in [2.05, 4.69) is 34.4 Å². The van der Waals surface area contributed by atoms with Crippen LogP contribution < -0.4 is 5.73 Å². The molecule has 26 heavy (non-hydrogen) atoms. The zero-order chi connectivity index (χ0) is 18.1. The average Bonchev–Trinajstić information content (AvgIpc) is 3.23. The van der Waals surface area contributed by atoms with Crippen LogP contribution in [0, 0.1) is 12.3 Å². The molecule has 0 saturated carbocycles. The molecular formula is C20H17N5S. The minimum absolute atomic E-state index is 0.351. The van der Waals surface area contributed by atoms with Gasteiger partial charge in [0.25, 0.3) is 0 Å². The number of hydrogen-bond donors (Lipinski definition) is 2. The molecule has 128 valence electrons. The first-order valence-electron chi connectivity index (χ1n) is 8.15. The first-order valence-corrected chi connectivity index (χ1v) is 8.97. The number of benzene rings is 1. The van der Waals surface area contributed by atoms with E-state index < -0.39 is 0 Å². The highest BCUT2D eigenvalue weighted by Crippen LogP contribution is 2.40. The van der Waals surface area contributed by atoms with Gasteiger partial charge in [-0.05, 0) is 30.7 Å². The predicted molar refractivity (Wildman–Crippen MR) is 108 cm³/mol. The number of aliphatic imine (C=N–C) groups is 1. The van der Waals surface area contributed by atoms with Gasteiger partial charge in [0.1, 0.15) is 12.2 Å². The predicted octanol–water partition coefficient (Wildman–Crippen LogP) is 4.35. The first-order chi connectivity index (χ1) is 12.7. The summed E-state index contributed by atoms with van der Waals surface area (Å²) >= 11 is 1.58. The van der Waals surface area contributed by atoms with Gasteiger partial charge >= 0.3 is 0 Å². The molecule has 0 aliphatic rings. The number of aryl methyl sites for hydroxylation is 1. The fourth-order valence-corrected chi connectivity index (χ4v) is 4.28. The fraction of sp³-hybridized carbons (Fsp3) is 0.0500. The van der Waals surface area contributed by atoms with Crippen molar-refractivity contribution in [3.05, 3.63) is 71.4 Å². The van der Waals surface area contributed by atoms with E-state index in [-0.39, 0.29) is 0 Å². The van der Waals surface area contributed by atoms with Crippen molar-refractivity contribution in [1.29, 1.82) is 5.41 Å². The van der Waals surface area contributed by atoms with E-state index in [4.69, 9.17) is 11.1 Å². The van der Waals surface area contributed by atoms with E-state index >= 15 is 0 Å². The fourth-order valence-electron chi connectivity index (χ4n) is 3.09. The SMILES string of the molecule is Cc1nn2ccccc2c1-c1cc(-c2ccccc2)c(C(N)=NC=N)s1. The lowest BCUT2D eigenvalue weighted by Gasteiger charge is -2.02. The Morgan fingerprint density at radius 2 is 1.96 bits per heavy atom. The zero-order valence-corrected chi connectivity index (χ0v) is 15.0. The summed E-state index contributed by atoms with van der Waals surface area (Å²) in [7, 11) is 0. The topological polar surface area (TPSA) is 79.5 Å². The number of pyridine rings is 1. The van der Waals surface area contributed by atoms with Gasteiger partial charge in [-0.2, -0.15) is 5.10 Å². The molecule has 4 aromatic rings. The third-order valence-corrected chi connectivity index (χ3v) is 5.39. The molecule has 0 saturated heterocycles. The van der Waals surface area contributed by atoms with Gasteiger partial charge in [0.2, 0.25) is 0 Å². The van der Waals surface area contributed by atoms with Gasteiger partial charge in [0.05, 0.1) is 16.1 Å². The number of nitrogens with two attached hydrogens (primary N) is 1.